The fourth-order valence-corrected chi connectivity index (χ4v) is 3.57. The van der Waals surface area contributed by atoms with E-state index in [9.17, 15) is 13.5 Å². The van der Waals surface area contributed by atoms with Gasteiger partial charge in [0.1, 0.15) is 0 Å². The molecule has 0 spiro atoms. The van der Waals surface area contributed by atoms with E-state index in [-0.39, 0.29) is 17.5 Å². The van der Waals surface area contributed by atoms with Crippen molar-refractivity contribution in [3.8, 4) is 0 Å². The molecular weight excluding hydrogens is 276 g/mol. The standard InChI is InChI=1S/C14H24N2O3S/c1-5-16(10-14(3,4)17)20(18,19)13-8-6-7-12(9-13)11(2)15/h6-9,11,17H,5,10,15H2,1-4H3. The van der Waals surface area contributed by atoms with Crippen LogP contribution < -0.4 is 5.73 Å². The van der Waals surface area contributed by atoms with Crippen molar-refractivity contribution in [2.24, 2.45) is 5.73 Å². The molecule has 0 amide bonds. The van der Waals surface area contributed by atoms with Gasteiger partial charge in [0.25, 0.3) is 0 Å². The molecule has 0 aromatic heterocycles. The Morgan fingerprint density at radius 2 is 2.00 bits per heavy atom. The minimum absolute atomic E-state index is 0.0498. The molecule has 0 heterocycles. The molecule has 0 fully saturated rings. The third kappa shape index (κ3) is 4.28. The summed E-state index contributed by atoms with van der Waals surface area (Å²) in [6, 6.07) is 6.40. The molecule has 0 aliphatic heterocycles. The minimum Gasteiger partial charge on any atom is -0.389 e. The van der Waals surface area contributed by atoms with E-state index in [2.05, 4.69) is 0 Å². The maximum Gasteiger partial charge on any atom is 0.243 e. The molecule has 0 aliphatic rings. The van der Waals surface area contributed by atoms with Gasteiger partial charge in [0, 0.05) is 19.1 Å². The number of nitrogens with two attached hydrogens (primary N) is 1. The van der Waals surface area contributed by atoms with Crippen molar-refractivity contribution in [2.45, 2.75) is 44.2 Å². The fraction of sp³-hybridized carbons (Fsp3) is 0.571. The van der Waals surface area contributed by atoms with Crippen LogP contribution in [-0.2, 0) is 10.0 Å². The van der Waals surface area contributed by atoms with Crippen LogP contribution >= 0.6 is 0 Å². The largest absolute Gasteiger partial charge is 0.389 e. The molecule has 5 nitrogen and oxygen atoms in total. The van der Waals surface area contributed by atoms with Gasteiger partial charge in [-0.05, 0) is 38.5 Å². The van der Waals surface area contributed by atoms with E-state index >= 15 is 0 Å². The predicted molar refractivity (Wildman–Crippen MR) is 79.8 cm³/mol. The van der Waals surface area contributed by atoms with Gasteiger partial charge in [-0.1, -0.05) is 19.1 Å². The molecule has 1 rings (SSSR count). The van der Waals surface area contributed by atoms with Crippen molar-refractivity contribution in [3.05, 3.63) is 29.8 Å². The second kappa shape index (κ2) is 6.22. The van der Waals surface area contributed by atoms with Gasteiger partial charge >= 0.3 is 0 Å². The van der Waals surface area contributed by atoms with Crippen molar-refractivity contribution < 1.29 is 13.5 Å². The lowest BCUT2D eigenvalue weighted by molar-refractivity contribution is 0.0601. The zero-order chi connectivity index (χ0) is 15.6. The van der Waals surface area contributed by atoms with Crippen LogP contribution in [0.4, 0.5) is 0 Å². The van der Waals surface area contributed by atoms with Gasteiger partial charge in [-0.3, -0.25) is 0 Å². The first-order valence-electron chi connectivity index (χ1n) is 6.66. The van der Waals surface area contributed by atoms with Crippen molar-refractivity contribution in [1.29, 1.82) is 0 Å². The van der Waals surface area contributed by atoms with Crippen LogP contribution in [0.25, 0.3) is 0 Å². The number of nitrogens with zero attached hydrogens (tertiary/aromatic N) is 1. The summed E-state index contributed by atoms with van der Waals surface area (Å²) in [5, 5.41) is 9.85. The van der Waals surface area contributed by atoms with Crippen molar-refractivity contribution in [1.82, 2.24) is 4.31 Å². The lowest BCUT2D eigenvalue weighted by atomic mass is 10.1. The first-order valence-corrected chi connectivity index (χ1v) is 8.10. The molecular formula is C14H24N2O3S. The molecule has 1 aromatic carbocycles. The number of sulfonamides is 1. The molecule has 0 saturated carbocycles. The zero-order valence-corrected chi connectivity index (χ0v) is 13.3. The Labute approximate surface area is 121 Å². The zero-order valence-electron chi connectivity index (χ0n) is 12.5. The Balaban J connectivity index is 3.17. The molecule has 0 radical (unpaired) electrons. The van der Waals surface area contributed by atoms with Gasteiger partial charge in [-0.15, -0.1) is 0 Å². The first kappa shape index (κ1) is 17.1. The molecule has 0 bridgehead atoms. The summed E-state index contributed by atoms with van der Waals surface area (Å²) in [6.07, 6.45) is 0. The Kier molecular flexibility index (Phi) is 5.32. The number of hydrogen-bond donors (Lipinski definition) is 2. The molecule has 114 valence electrons. The summed E-state index contributed by atoms with van der Waals surface area (Å²) < 4.78 is 26.5. The van der Waals surface area contributed by atoms with Crippen LogP contribution in [0, 0.1) is 0 Å². The van der Waals surface area contributed by atoms with Crippen LogP contribution in [0.5, 0.6) is 0 Å². The van der Waals surface area contributed by atoms with E-state index in [0.717, 1.165) is 5.56 Å². The third-order valence-electron chi connectivity index (χ3n) is 2.94. The lowest BCUT2D eigenvalue weighted by Gasteiger charge is -2.27. The summed E-state index contributed by atoms with van der Waals surface area (Å²) in [7, 11) is -3.62. The van der Waals surface area contributed by atoms with Gasteiger partial charge in [-0.25, -0.2) is 8.42 Å². The van der Waals surface area contributed by atoms with E-state index in [1.165, 1.54) is 4.31 Å². The summed E-state index contributed by atoms with van der Waals surface area (Å²) in [5.74, 6) is 0. The van der Waals surface area contributed by atoms with Crippen LogP contribution in [0.15, 0.2) is 29.2 Å². The fourth-order valence-electron chi connectivity index (χ4n) is 1.91. The minimum atomic E-state index is -3.62. The second-order valence-electron chi connectivity index (χ2n) is 5.60. The highest BCUT2D eigenvalue weighted by molar-refractivity contribution is 7.89. The molecule has 20 heavy (non-hydrogen) atoms. The number of aliphatic hydroxyl groups is 1. The lowest BCUT2D eigenvalue weighted by Crippen LogP contribution is -2.42. The van der Waals surface area contributed by atoms with Gasteiger partial charge in [0.15, 0.2) is 0 Å². The van der Waals surface area contributed by atoms with E-state index in [4.69, 9.17) is 5.73 Å². The summed E-state index contributed by atoms with van der Waals surface area (Å²) >= 11 is 0. The first-order chi connectivity index (χ1) is 9.08. The van der Waals surface area contributed by atoms with Gasteiger partial charge < -0.3 is 10.8 Å². The highest BCUT2D eigenvalue weighted by Gasteiger charge is 2.28. The van der Waals surface area contributed by atoms with Crippen molar-refractivity contribution in [2.75, 3.05) is 13.1 Å². The average Bonchev–Trinajstić information content (AvgIpc) is 2.34. The molecule has 1 atom stereocenters. The molecule has 0 saturated heterocycles. The van der Waals surface area contributed by atoms with Gasteiger partial charge in [0.05, 0.1) is 10.5 Å². The Morgan fingerprint density at radius 3 is 2.45 bits per heavy atom. The monoisotopic (exact) mass is 300 g/mol. The van der Waals surface area contributed by atoms with Crippen LogP contribution in [-0.4, -0.2) is 36.5 Å². The number of hydrogen-bond acceptors (Lipinski definition) is 4. The Hall–Kier alpha value is -0.950. The SMILES string of the molecule is CCN(CC(C)(C)O)S(=O)(=O)c1cccc(C(C)N)c1. The highest BCUT2D eigenvalue weighted by Crippen LogP contribution is 2.21. The predicted octanol–water partition coefficient (Wildman–Crippen LogP) is 1.49. The quantitative estimate of drug-likeness (QED) is 0.833. The summed E-state index contributed by atoms with van der Waals surface area (Å²) in [5.41, 5.74) is 5.48. The normalized spacial score (nSPS) is 14.6. The topological polar surface area (TPSA) is 83.6 Å². The highest BCUT2D eigenvalue weighted by atomic mass is 32.2. The van der Waals surface area contributed by atoms with Crippen LogP contribution in [0.3, 0.4) is 0 Å². The smallest absolute Gasteiger partial charge is 0.243 e. The summed E-state index contributed by atoms with van der Waals surface area (Å²) in [6.45, 7) is 7.08. The Morgan fingerprint density at radius 1 is 1.40 bits per heavy atom. The van der Waals surface area contributed by atoms with Crippen LogP contribution in [0.1, 0.15) is 39.3 Å². The summed E-state index contributed by atoms with van der Waals surface area (Å²) in [4.78, 5) is 0.207. The number of likely N-dealkylation sites (N-methyl/N-ethyl adjacent to an activating group) is 1. The van der Waals surface area contributed by atoms with Gasteiger partial charge in [-0.2, -0.15) is 4.31 Å². The molecule has 1 unspecified atom stereocenters. The number of rotatable bonds is 6. The van der Waals surface area contributed by atoms with E-state index in [1.807, 2.05) is 0 Å². The van der Waals surface area contributed by atoms with Crippen LogP contribution in [0.2, 0.25) is 0 Å². The average molecular weight is 300 g/mol. The van der Waals surface area contributed by atoms with Gasteiger partial charge in [0.2, 0.25) is 10.0 Å². The molecule has 1 aromatic rings. The maximum absolute atomic E-state index is 12.6. The second-order valence-corrected chi connectivity index (χ2v) is 7.54. The third-order valence-corrected chi connectivity index (χ3v) is 4.85. The molecule has 0 aliphatic carbocycles. The van der Waals surface area contributed by atoms with E-state index < -0.39 is 15.6 Å². The Bertz CT molecular complexity index is 548. The molecule has 3 N–H and O–H groups in total. The van der Waals surface area contributed by atoms with Crippen molar-refractivity contribution >= 4 is 10.0 Å². The number of benzene rings is 1. The van der Waals surface area contributed by atoms with E-state index in [0.29, 0.717) is 6.54 Å². The maximum atomic E-state index is 12.6. The van der Waals surface area contributed by atoms with Crippen molar-refractivity contribution in [3.63, 3.8) is 0 Å². The van der Waals surface area contributed by atoms with E-state index in [1.54, 1.807) is 52.0 Å². The molecule has 6 heteroatoms.